The lowest BCUT2D eigenvalue weighted by molar-refractivity contribution is 0.282. The van der Waals surface area contributed by atoms with Crippen molar-refractivity contribution in [2.75, 3.05) is 5.32 Å². The summed E-state index contributed by atoms with van der Waals surface area (Å²) in [6.07, 6.45) is 0. The zero-order valence-electron chi connectivity index (χ0n) is 15.6. The number of benzene rings is 3. The molecule has 142 valence electrons. The minimum absolute atomic E-state index is 0.0227. The van der Waals surface area contributed by atoms with Crippen LogP contribution in [0.1, 0.15) is 29.9 Å². The molecular formula is C23H22ClN3O. The Morgan fingerprint density at radius 3 is 2.57 bits per heavy atom. The van der Waals surface area contributed by atoms with Gasteiger partial charge in [-0.3, -0.25) is 0 Å². The number of rotatable bonds is 6. The largest absolute Gasteiger partial charge is 0.392 e. The predicted octanol–water partition coefficient (Wildman–Crippen LogP) is 5.40. The number of nitrogens with zero attached hydrogens (tertiary/aromatic N) is 2. The Morgan fingerprint density at radius 2 is 1.79 bits per heavy atom. The van der Waals surface area contributed by atoms with E-state index in [-0.39, 0.29) is 12.6 Å². The molecule has 4 rings (SSSR count). The quantitative estimate of drug-likeness (QED) is 0.462. The van der Waals surface area contributed by atoms with E-state index in [1.807, 2.05) is 60.7 Å². The number of aromatic nitrogens is 2. The van der Waals surface area contributed by atoms with E-state index < -0.39 is 0 Å². The normalized spacial score (nSPS) is 12.2. The van der Waals surface area contributed by atoms with Crippen LogP contribution in [0.25, 0.3) is 11.0 Å². The molecule has 0 aliphatic heterocycles. The van der Waals surface area contributed by atoms with Crippen molar-refractivity contribution in [3.63, 3.8) is 0 Å². The van der Waals surface area contributed by atoms with Crippen molar-refractivity contribution in [2.45, 2.75) is 26.1 Å². The molecule has 4 aromatic rings. The molecule has 1 heterocycles. The van der Waals surface area contributed by atoms with Gasteiger partial charge in [-0.2, -0.15) is 0 Å². The number of aliphatic hydroxyl groups excluding tert-OH is 1. The predicted molar refractivity (Wildman–Crippen MR) is 115 cm³/mol. The van der Waals surface area contributed by atoms with Gasteiger partial charge in [0.1, 0.15) is 5.82 Å². The first-order valence-corrected chi connectivity index (χ1v) is 9.68. The van der Waals surface area contributed by atoms with Gasteiger partial charge in [-0.15, -0.1) is 0 Å². The standard InChI is InChI=1S/C23H22ClN3O/c1-16(25-20-9-5-8-18(12-20)15-28)23-26-21-13-19(24)10-11-22(21)27(23)14-17-6-3-2-4-7-17/h2-13,16,25,28H,14-15H2,1H3. The van der Waals surface area contributed by atoms with Gasteiger partial charge in [-0.25, -0.2) is 4.98 Å². The number of imidazole rings is 1. The van der Waals surface area contributed by atoms with Gasteiger partial charge in [-0.1, -0.05) is 54.1 Å². The molecular weight excluding hydrogens is 370 g/mol. The molecule has 1 unspecified atom stereocenters. The fourth-order valence-corrected chi connectivity index (χ4v) is 3.62. The van der Waals surface area contributed by atoms with Crippen LogP contribution in [-0.2, 0) is 13.2 Å². The Kier molecular flexibility index (Phi) is 5.33. The summed E-state index contributed by atoms with van der Waals surface area (Å²) >= 11 is 6.19. The highest BCUT2D eigenvalue weighted by molar-refractivity contribution is 6.31. The molecule has 0 spiro atoms. The molecule has 0 bridgehead atoms. The van der Waals surface area contributed by atoms with Crippen LogP contribution in [0.15, 0.2) is 72.8 Å². The molecule has 0 aliphatic carbocycles. The first kappa shape index (κ1) is 18.5. The van der Waals surface area contributed by atoms with Crippen LogP contribution in [0.4, 0.5) is 5.69 Å². The highest BCUT2D eigenvalue weighted by Crippen LogP contribution is 2.27. The molecule has 0 saturated heterocycles. The molecule has 4 nitrogen and oxygen atoms in total. The van der Waals surface area contributed by atoms with E-state index in [9.17, 15) is 5.11 Å². The Bertz CT molecular complexity index is 1090. The van der Waals surface area contributed by atoms with Crippen molar-refractivity contribution in [2.24, 2.45) is 0 Å². The number of fused-ring (bicyclic) bond motifs is 1. The van der Waals surface area contributed by atoms with Crippen molar-refractivity contribution < 1.29 is 5.11 Å². The molecule has 2 N–H and O–H groups in total. The number of hydrogen-bond donors (Lipinski definition) is 2. The van der Waals surface area contributed by atoms with E-state index in [2.05, 4.69) is 28.9 Å². The van der Waals surface area contributed by atoms with E-state index >= 15 is 0 Å². The molecule has 0 radical (unpaired) electrons. The molecule has 0 aliphatic rings. The lowest BCUT2D eigenvalue weighted by atomic mass is 10.2. The smallest absolute Gasteiger partial charge is 0.132 e. The SMILES string of the molecule is CC(Nc1cccc(CO)c1)c1nc2cc(Cl)ccc2n1Cc1ccccc1. The van der Waals surface area contributed by atoms with Gasteiger partial charge in [-0.05, 0) is 48.4 Å². The summed E-state index contributed by atoms with van der Waals surface area (Å²) in [7, 11) is 0. The summed E-state index contributed by atoms with van der Waals surface area (Å²) in [4.78, 5) is 4.87. The maximum atomic E-state index is 9.39. The van der Waals surface area contributed by atoms with Crippen molar-refractivity contribution in [1.82, 2.24) is 9.55 Å². The summed E-state index contributed by atoms with van der Waals surface area (Å²) in [6.45, 7) is 2.85. The lowest BCUT2D eigenvalue weighted by Crippen LogP contribution is -2.14. The van der Waals surface area contributed by atoms with Crippen LogP contribution in [0, 0.1) is 0 Å². The number of aliphatic hydroxyl groups is 1. The summed E-state index contributed by atoms with van der Waals surface area (Å²) in [5.74, 6) is 0.940. The van der Waals surface area contributed by atoms with Crippen molar-refractivity contribution >= 4 is 28.3 Å². The molecule has 28 heavy (non-hydrogen) atoms. The number of nitrogens with one attached hydrogen (secondary N) is 1. The molecule has 3 aromatic carbocycles. The average Bonchev–Trinajstić information content (AvgIpc) is 3.06. The summed E-state index contributed by atoms with van der Waals surface area (Å²) in [5.41, 5.74) is 4.99. The van der Waals surface area contributed by atoms with E-state index in [0.717, 1.165) is 34.7 Å². The van der Waals surface area contributed by atoms with E-state index in [0.29, 0.717) is 5.02 Å². The number of hydrogen-bond acceptors (Lipinski definition) is 3. The summed E-state index contributed by atoms with van der Waals surface area (Å²) < 4.78 is 2.23. The molecule has 1 aromatic heterocycles. The van der Waals surface area contributed by atoms with Crippen molar-refractivity contribution in [1.29, 1.82) is 0 Å². The first-order chi connectivity index (χ1) is 13.6. The van der Waals surface area contributed by atoms with Gasteiger partial charge in [0.2, 0.25) is 0 Å². The molecule has 1 atom stereocenters. The third-order valence-corrected chi connectivity index (χ3v) is 5.04. The zero-order chi connectivity index (χ0) is 19.5. The number of halogens is 1. The Labute approximate surface area is 169 Å². The Balaban J connectivity index is 1.73. The highest BCUT2D eigenvalue weighted by atomic mass is 35.5. The second-order valence-corrected chi connectivity index (χ2v) is 7.34. The van der Waals surface area contributed by atoms with E-state index in [4.69, 9.17) is 16.6 Å². The topological polar surface area (TPSA) is 50.1 Å². The fraction of sp³-hybridized carbons (Fsp3) is 0.174. The summed E-state index contributed by atoms with van der Waals surface area (Å²) in [6, 6.07) is 24.0. The zero-order valence-corrected chi connectivity index (χ0v) is 16.4. The lowest BCUT2D eigenvalue weighted by Gasteiger charge is -2.18. The molecule has 0 amide bonds. The van der Waals surface area contributed by atoms with Gasteiger partial charge < -0.3 is 15.0 Å². The van der Waals surface area contributed by atoms with Crippen LogP contribution in [0.2, 0.25) is 5.02 Å². The van der Waals surface area contributed by atoms with Crippen LogP contribution < -0.4 is 5.32 Å². The van der Waals surface area contributed by atoms with Gasteiger partial charge >= 0.3 is 0 Å². The van der Waals surface area contributed by atoms with Gasteiger partial charge in [0.25, 0.3) is 0 Å². The average molecular weight is 392 g/mol. The van der Waals surface area contributed by atoms with Crippen molar-refractivity contribution in [3.8, 4) is 0 Å². The molecule has 5 heteroatoms. The van der Waals surface area contributed by atoms with Crippen LogP contribution in [-0.4, -0.2) is 14.7 Å². The molecule has 0 saturated carbocycles. The Hall–Kier alpha value is -2.82. The highest BCUT2D eigenvalue weighted by Gasteiger charge is 2.17. The second-order valence-electron chi connectivity index (χ2n) is 6.90. The molecule has 0 fully saturated rings. The Morgan fingerprint density at radius 1 is 1.00 bits per heavy atom. The second kappa shape index (κ2) is 8.05. The summed E-state index contributed by atoms with van der Waals surface area (Å²) in [5, 5.41) is 13.6. The number of anilines is 1. The maximum absolute atomic E-state index is 9.39. The van der Waals surface area contributed by atoms with Crippen LogP contribution >= 0.6 is 11.6 Å². The third kappa shape index (κ3) is 3.88. The van der Waals surface area contributed by atoms with E-state index in [1.165, 1.54) is 5.56 Å². The van der Waals surface area contributed by atoms with Gasteiger partial charge in [0.05, 0.1) is 23.7 Å². The van der Waals surface area contributed by atoms with Crippen LogP contribution in [0.3, 0.4) is 0 Å². The van der Waals surface area contributed by atoms with Crippen molar-refractivity contribution in [3.05, 3.63) is 94.8 Å². The minimum Gasteiger partial charge on any atom is -0.392 e. The monoisotopic (exact) mass is 391 g/mol. The first-order valence-electron chi connectivity index (χ1n) is 9.30. The van der Waals surface area contributed by atoms with Gasteiger partial charge in [0.15, 0.2) is 0 Å². The fourth-order valence-electron chi connectivity index (χ4n) is 3.46. The minimum atomic E-state index is -0.0242. The third-order valence-electron chi connectivity index (χ3n) is 4.80. The van der Waals surface area contributed by atoms with Gasteiger partial charge in [0, 0.05) is 17.3 Å². The van der Waals surface area contributed by atoms with E-state index in [1.54, 1.807) is 0 Å². The maximum Gasteiger partial charge on any atom is 0.132 e. The van der Waals surface area contributed by atoms with Crippen LogP contribution in [0.5, 0.6) is 0 Å².